The van der Waals surface area contributed by atoms with Gasteiger partial charge in [-0.1, -0.05) is 0 Å². The first kappa shape index (κ1) is 17.0. The Morgan fingerprint density at radius 3 is 2.25 bits per heavy atom. The number of carbonyl (C=O) groups excluding carboxylic acids is 3. The van der Waals surface area contributed by atoms with Gasteiger partial charge in [0.1, 0.15) is 0 Å². The molecule has 2 unspecified atom stereocenters. The summed E-state index contributed by atoms with van der Waals surface area (Å²) >= 11 is 5.94. The first-order valence-electron chi connectivity index (χ1n) is 6.99. The summed E-state index contributed by atoms with van der Waals surface area (Å²) in [6.45, 7) is 3.81. The van der Waals surface area contributed by atoms with Crippen LogP contribution in [-0.4, -0.2) is 36.3 Å². The van der Waals surface area contributed by atoms with Crippen molar-refractivity contribution in [1.29, 1.82) is 0 Å². The summed E-state index contributed by atoms with van der Waals surface area (Å²) in [5.41, 5.74) is 0. The minimum absolute atomic E-state index is 0.0340. The summed E-state index contributed by atoms with van der Waals surface area (Å²) in [6.07, 6.45) is 1.87. The Kier molecular flexibility index (Phi) is 6.99. The summed E-state index contributed by atoms with van der Waals surface area (Å²) in [6, 6.07) is 0. The van der Waals surface area contributed by atoms with Gasteiger partial charge in [0.05, 0.1) is 18.6 Å². The molecule has 0 spiro atoms. The number of hydrogen-bond donors (Lipinski definition) is 0. The molecule has 0 aliphatic heterocycles. The summed E-state index contributed by atoms with van der Waals surface area (Å²) < 4.78 is 9.84. The van der Waals surface area contributed by atoms with Crippen LogP contribution in [0.5, 0.6) is 0 Å². The molecule has 2 atom stereocenters. The Morgan fingerprint density at radius 2 is 1.80 bits per heavy atom. The Hall–Kier alpha value is -1.10. The van der Waals surface area contributed by atoms with Gasteiger partial charge in [0.15, 0.2) is 11.7 Å². The standard InChI is InChI=1S/C14H21ClO5/c1-3-19-13(17)10(14(18)20-4-2)7-9-5-6-12(16)11(15)8-9/h9-11H,3-8H2,1-2H3. The zero-order valence-corrected chi connectivity index (χ0v) is 12.6. The van der Waals surface area contributed by atoms with E-state index in [9.17, 15) is 14.4 Å². The van der Waals surface area contributed by atoms with E-state index < -0.39 is 23.2 Å². The number of ketones is 1. The predicted molar refractivity (Wildman–Crippen MR) is 73.4 cm³/mol. The number of halogens is 1. The fourth-order valence-corrected chi connectivity index (χ4v) is 2.73. The molecule has 0 heterocycles. The normalized spacial score (nSPS) is 22.7. The van der Waals surface area contributed by atoms with Crippen molar-refractivity contribution in [2.45, 2.75) is 44.9 Å². The Morgan fingerprint density at radius 1 is 1.25 bits per heavy atom. The van der Waals surface area contributed by atoms with Crippen molar-refractivity contribution < 1.29 is 23.9 Å². The van der Waals surface area contributed by atoms with Crippen molar-refractivity contribution in [1.82, 2.24) is 0 Å². The molecule has 0 aromatic rings. The third-order valence-electron chi connectivity index (χ3n) is 3.40. The van der Waals surface area contributed by atoms with E-state index in [1.807, 2.05) is 0 Å². The lowest BCUT2D eigenvalue weighted by Gasteiger charge is -2.26. The maximum Gasteiger partial charge on any atom is 0.320 e. The second-order valence-electron chi connectivity index (χ2n) is 4.87. The topological polar surface area (TPSA) is 69.7 Å². The van der Waals surface area contributed by atoms with Gasteiger partial charge < -0.3 is 9.47 Å². The van der Waals surface area contributed by atoms with E-state index in [0.717, 1.165) is 0 Å². The third kappa shape index (κ3) is 4.78. The fourth-order valence-electron chi connectivity index (χ4n) is 2.37. The molecule has 0 saturated heterocycles. The molecule has 0 aromatic carbocycles. The molecule has 1 aliphatic rings. The van der Waals surface area contributed by atoms with Crippen LogP contribution in [0.4, 0.5) is 0 Å². The van der Waals surface area contributed by atoms with Crippen molar-refractivity contribution in [2.24, 2.45) is 11.8 Å². The van der Waals surface area contributed by atoms with Crippen molar-refractivity contribution in [3.8, 4) is 0 Å². The van der Waals surface area contributed by atoms with E-state index in [0.29, 0.717) is 25.7 Å². The number of esters is 2. The predicted octanol–water partition coefficient (Wildman–Crippen LogP) is 2.10. The van der Waals surface area contributed by atoms with Gasteiger partial charge in [-0.15, -0.1) is 11.6 Å². The van der Waals surface area contributed by atoms with Crippen LogP contribution in [0, 0.1) is 11.8 Å². The lowest BCUT2D eigenvalue weighted by atomic mass is 9.82. The van der Waals surface area contributed by atoms with Crippen LogP contribution in [0.15, 0.2) is 0 Å². The number of rotatable bonds is 6. The molecule has 0 N–H and O–H groups in total. The van der Waals surface area contributed by atoms with Gasteiger partial charge in [-0.2, -0.15) is 0 Å². The van der Waals surface area contributed by atoms with E-state index in [2.05, 4.69) is 0 Å². The number of carbonyl (C=O) groups is 3. The highest BCUT2D eigenvalue weighted by molar-refractivity contribution is 6.31. The maximum absolute atomic E-state index is 11.9. The SMILES string of the molecule is CCOC(=O)C(CC1CCC(=O)C(Cl)C1)C(=O)OCC. The molecule has 1 fully saturated rings. The van der Waals surface area contributed by atoms with Crippen LogP contribution in [0.1, 0.15) is 39.5 Å². The maximum atomic E-state index is 11.9. The van der Waals surface area contributed by atoms with Crippen LogP contribution < -0.4 is 0 Å². The van der Waals surface area contributed by atoms with Crippen LogP contribution in [0.25, 0.3) is 0 Å². The van der Waals surface area contributed by atoms with E-state index in [1.54, 1.807) is 13.8 Å². The highest BCUT2D eigenvalue weighted by atomic mass is 35.5. The van der Waals surface area contributed by atoms with Crippen LogP contribution in [0.2, 0.25) is 0 Å². The second-order valence-corrected chi connectivity index (χ2v) is 5.39. The Balaban J connectivity index is 2.66. The molecule has 5 nitrogen and oxygen atoms in total. The van der Waals surface area contributed by atoms with E-state index in [4.69, 9.17) is 21.1 Å². The van der Waals surface area contributed by atoms with Crippen LogP contribution >= 0.6 is 11.6 Å². The Bertz CT molecular complexity index is 351. The minimum atomic E-state index is -0.919. The quantitative estimate of drug-likeness (QED) is 0.427. The summed E-state index contributed by atoms with van der Waals surface area (Å²) in [5.74, 6) is -1.94. The fraction of sp³-hybridized carbons (Fsp3) is 0.786. The lowest BCUT2D eigenvalue weighted by molar-refractivity contribution is -0.162. The lowest BCUT2D eigenvalue weighted by Crippen LogP contribution is -2.33. The molecule has 1 aliphatic carbocycles. The average Bonchev–Trinajstić information content (AvgIpc) is 2.40. The average molecular weight is 305 g/mol. The van der Waals surface area contributed by atoms with Crippen LogP contribution in [0.3, 0.4) is 0 Å². The third-order valence-corrected chi connectivity index (χ3v) is 3.82. The molecular weight excluding hydrogens is 284 g/mol. The second kappa shape index (κ2) is 8.25. The molecule has 114 valence electrons. The molecule has 1 rings (SSSR count). The first-order chi connectivity index (χ1) is 9.49. The molecule has 0 amide bonds. The number of hydrogen-bond acceptors (Lipinski definition) is 5. The highest BCUT2D eigenvalue weighted by Gasteiger charge is 2.35. The van der Waals surface area contributed by atoms with Gasteiger partial charge in [-0.25, -0.2) is 0 Å². The summed E-state index contributed by atoms with van der Waals surface area (Å²) in [5, 5.41) is -0.515. The van der Waals surface area contributed by atoms with Gasteiger partial charge in [0.25, 0.3) is 0 Å². The molecule has 1 saturated carbocycles. The number of alkyl halides is 1. The zero-order valence-electron chi connectivity index (χ0n) is 11.9. The monoisotopic (exact) mass is 304 g/mol. The van der Waals surface area contributed by atoms with E-state index in [1.165, 1.54) is 0 Å². The summed E-state index contributed by atoms with van der Waals surface area (Å²) in [4.78, 5) is 35.1. The largest absolute Gasteiger partial charge is 0.465 e. The van der Waals surface area contributed by atoms with Crippen molar-refractivity contribution in [3.63, 3.8) is 0 Å². The zero-order chi connectivity index (χ0) is 15.1. The molecule has 0 aromatic heterocycles. The van der Waals surface area contributed by atoms with Crippen molar-refractivity contribution >= 4 is 29.3 Å². The molecule has 6 heteroatoms. The van der Waals surface area contributed by atoms with E-state index in [-0.39, 0.29) is 24.9 Å². The van der Waals surface area contributed by atoms with Gasteiger partial charge in [0, 0.05) is 6.42 Å². The molecule has 0 bridgehead atoms. The number of Topliss-reactive ketones (excluding diaryl/α,β-unsaturated/α-hetero) is 1. The molecule has 0 radical (unpaired) electrons. The van der Waals surface area contributed by atoms with Gasteiger partial charge in [-0.3, -0.25) is 14.4 Å². The van der Waals surface area contributed by atoms with E-state index >= 15 is 0 Å². The molecule has 20 heavy (non-hydrogen) atoms. The van der Waals surface area contributed by atoms with Crippen LogP contribution in [-0.2, 0) is 23.9 Å². The van der Waals surface area contributed by atoms with Crippen molar-refractivity contribution in [3.05, 3.63) is 0 Å². The van der Waals surface area contributed by atoms with Gasteiger partial charge >= 0.3 is 11.9 Å². The highest BCUT2D eigenvalue weighted by Crippen LogP contribution is 2.31. The first-order valence-corrected chi connectivity index (χ1v) is 7.43. The summed E-state index contributed by atoms with van der Waals surface area (Å²) in [7, 11) is 0. The van der Waals surface area contributed by atoms with Gasteiger partial charge in [-0.05, 0) is 39.0 Å². The van der Waals surface area contributed by atoms with Crippen molar-refractivity contribution in [2.75, 3.05) is 13.2 Å². The smallest absolute Gasteiger partial charge is 0.320 e. The Labute approximate surface area is 123 Å². The molecular formula is C14H21ClO5. The minimum Gasteiger partial charge on any atom is -0.465 e. The number of ether oxygens (including phenoxy) is 2. The van der Waals surface area contributed by atoms with Gasteiger partial charge in [0.2, 0.25) is 0 Å².